The molecule has 1 aromatic heterocycles. The van der Waals surface area contributed by atoms with Crippen LogP contribution in [-0.4, -0.2) is 27.1 Å². The smallest absolute Gasteiger partial charge is 0.248 e. The van der Waals surface area contributed by atoms with E-state index in [1.54, 1.807) is 12.1 Å². The fraction of sp³-hybridized carbons (Fsp3) is 0.375. The molecule has 1 atom stereocenters. The quantitative estimate of drug-likeness (QED) is 0.337. The minimum absolute atomic E-state index is 0.120. The lowest BCUT2D eigenvalue weighted by atomic mass is 9.97. The number of aromatic amines is 1. The number of halogens is 1. The number of hydrogen-bond acceptors (Lipinski definition) is 3. The summed E-state index contributed by atoms with van der Waals surface area (Å²) in [4.78, 5) is 14.3. The number of benzene rings is 2. The monoisotopic (exact) mass is 502 g/mol. The van der Waals surface area contributed by atoms with E-state index in [9.17, 15) is 9.90 Å². The van der Waals surface area contributed by atoms with Crippen LogP contribution in [0.3, 0.4) is 0 Å². The Morgan fingerprint density at radius 3 is 2.55 bits per heavy atom. The summed E-state index contributed by atoms with van der Waals surface area (Å²) in [5, 5.41) is 14.7. The van der Waals surface area contributed by atoms with Crippen LogP contribution < -0.4 is 10.9 Å². The first-order chi connectivity index (χ1) is 14.1. The van der Waals surface area contributed by atoms with Gasteiger partial charge in [0.2, 0.25) is 5.56 Å². The number of fused-ring (bicyclic) bond motifs is 2. The predicted octanol–water partition coefficient (Wildman–Crippen LogP) is 4.07. The van der Waals surface area contributed by atoms with Crippen molar-refractivity contribution in [3.63, 3.8) is 0 Å². The molecule has 4 nitrogen and oxygen atoms in total. The van der Waals surface area contributed by atoms with Gasteiger partial charge in [-0.25, -0.2) is 0 Å². The predicted molar refractivity (Wildman–Crippen MR) is 128 cm³/mol. The highest BCUT2D eigenvalue weighted by Gasteiger charge is 2.22. The van der Waals surface area contributed by atoms with E-state index < -0.39 is 0 Å². The van der Waals surface area contributed by atoms with Crippen LogP contribution in [0, 0.1) is 0 Å². The van der Waals surface area contributed by atoms with E-state index >= 15 is 0 Å². The van der Waals surface area contributed by atoms with Gasteiger partial charge in [0.15, 0.2) is 0 Å². The van der Waals surface area contributed by atoms with Gasteiger partial charge in [-0.3, -0.25) is 4.79 Å². The third-order valence-corrected chi connectivity index (χ3v) is 6.53. The second kappa shape index (κ2) is 8.88. The molecule has 0 saturated heterocycles. The van der Waals surface area contributed by atoms with Crippen LogP contribution >= 0.6 is 22.6 Å². The molecule has 0 aliphatic heterocycles. The summed E-state index contributed by atoms with van der Waals surface area (Å²) >= 11 is 2.46. The molecule has 3 N–H and O–H groups in total. The van der Waals surface area contributed by atoms with Crippen molar-refractivity contribution in [3.05, 3.63) is 74.6 Å². The number of H-pyrrole nitrogens is 1. The maximum atomic E-state index is 11.6. The molecular weight excluding hydrogens is 475 g/mol. The molecule has 152 valence electrons. The van der Waals surface area contributed by atoms with Gasteiger partial charge in [-0.2, -0.15) is 0 Å². The van der Waals surface area contributed by atoms with Crippen molar-refractivity contribution < 1.29 is 5.11 Å². The standard InChI is InChI=1S/C24H27IN2O2/c1-2-15-11-18-13-20(14-19(18)12-17(15)7-9-25)26-10-8-16-3-5-22(28)24-21(16)4-6-23(29)27-24/h3-6,11-12,20,26,28H,2,7-10,13-14H2,1H3,(H,27,29). The van der Waals surface area contributed by atoms with Gasteiger partial charge in [-0.1, -0.05) is 47.7 Å². The van der Waals surface area contributed by atoms with Crippen molar-refractivity contribution in [3.8, 4) is 5.75 Å². The molecule has 1 heterocycles. The Morgan fingerprint density at radius 2 is 1.83 bits per heavy atom. The summed E-state index contributed by atoms with van der Waals surface area (Å²) in [6, 6.07) is 12.3. The topological polar surface area (TPSA) is 65.1 Å². The number of pyridine rings is 1. The van der Waals surface area contributed by atoms with Crippen LogP contribution in [0.4, 0.5) is 0 Å². The van der Waals surface area contributed by atoms with E-state index in [0.717, 1.165) is 54.0 Å². The van der Waals surface area contributed by atoms with Gasteiger partial charge in [0, 0.05) is 21.9 Å². The summed E-state index contributed by atoms with van der Waals surface area (Å²) < 4.78 is 1.16. The van der Waals surface area contributed by atoms with Crippen molar-refractivity contribution in [1.82, 2.24) is 10.3 Å². The first kappa shape index (κ1) is 20.4. The zero-order chi connectivity index (χ0) is 20.4. The third-order valence-electron chi connectivity index (χ3n) is 5.99. The maximum absolute atomic E-state index is 11.6. The Morgan fingerprint density at radius 1 is 1.07 bits per heavy atom. The van der Waals surface area contributed by atoms with Gasteiger partial charge in [-0.05, 0) is 78.6 Å². The van der Waals surface area contributed by atoms with E-state index in [1.165, 1.54) is 28.3 Å². The van der Waals surface area contributed by atoms with Crippen LogP contribution in [-0.2, 0) is 32.1 Å². The molecule has 0 bridgehead atoms. The van der Waals surface area contributed by atoms with E-state index in [1.807, 2.05) is 6.07 Å². The lowest BCUT2D eigenvalue weighted by Crippen LogP contribution is -2.31. The lowest BCUT2D eigenvalue weighted by molar-refractivity contribution is 0.480. The summed E-state index contributed by atoms with van der Waals surface area (Å²) in [6.07, 6.45) is 5.31. The van der Waals surface area contributed by atoms with Gasteiger partial charge >= 0.3 is 0 Å². The highest BCUT2D eigenvalue weighted by atomic mass is 127. The van der Waals surface area contributed by atoms with Crippen LogP contribution in [0.1, 0.15) is 34.7 Å². The fourth-order valence-corrected chi connectivity index (χ4v) is 5.09. The van der Waals surface area contributed by atoms with Gasteiger partial charge < -0.3 is 15.4 Å². The normalized spacial score (nSPS) is 15.7. The van der Waals surface area contributed by atoms with E-state index in [-0.39, 0.29) is 11.3 Å². The zero-order valence-electron chi connectivity index (χ0n) is 16.7. The molecule has 1 aliphatic rings. The third kappa shape index (κ3) is 4.36. The van der Waals surface area contributed by atoms with Crippen LogP contribution in [0.25, 0.3) is 10.9 Å². The number of aromatic nitrogens is 1. The molecule has 5 heteroatoms. The van der Waals surface area contributed by atoms with Crippen molar-refractivity contribution in [2.24, 2.45) is 0 Å². The molecule has 1 aliphatic carbocycles. The molecule has 0 radical (unpaired) electrons. The van der Waals surface area contributed by atoms with Gasteiger partial charge in [0.25, 0.3) is 0 Å². The molecule has 0 saturated carbocycles. The van der Waals surface area contributed by atoms with Gasteiger partial charge in [0.05, 0.1) is 5.52 Å². The summed E-state index contributed by atoms with van der Waals surface area (Å²) in [5.41, 5.74) is 7.50. The Balaban J connectivity index is 1.42. The summed E-state index contributed by atoms with van der Waals surface area (Å²) in [5.74, 6) is 0.120. The maximum Gasteiger partial charge on any atom is 0.248 e. The number of hydrogen-bond donors (Lipinski definition) is 3. The summed E-state index contributed by atoms with van der Waals surface area (Å²) in [6.45, 7) is 3.12. The SMILES string of the molecule is CCc1cc2c(cc1CCI)CC(NCCc1ccc(O)c3[nH]c(=O)ccc13)C2. The van der Waals surface area contributed by atoms with Crippen molar-refractivity contribution >= 4 is 33.5 Å². The Bertz CT molecular complexity index is 1090. The molecule has 0 spiro atoms. The average molecular weight is 502 g/mol. The zero-order valence-corrected chi connectivity index (χ0v) is 18.9. The molecule has 4 rings (SSSR count). The van der Waals surface area contributed by atoms with E-state index in [0.29, 0.717) is 11.6 Å². The Kier molecular flexibility index (Phi) is 6.25. The molecule has 1 unspecified atom stereocenters. The Labute approximate surface area is 184 Å². The molecule has 0 fully saturated rings. The second-order valence-corrected chi connectivity index (χ2v) is 8.93. The highest BCUT2D eigenvalue weighted by Crippen LogP contribution is 2.28. The average Bonchev–Trinajstić information content (AvgIpc) is 3.11. The number of rotatable bonds is 7. The Hall–Kier alpha value is -1.86. The first-order valence-electron chi connectivity index (χ1n) is 10.4. The number of aryl methyl sites for hydroxylation is 2. The van der Waals surface area contributed by atoms with E-state index in [2.05, 4.69) is 51.9 Å². The number of nitrogens with one attached hydrogen (secondary N) is 2. The highest BCUT2D eigenvalue weighted by molar-refractivity contribution is 14.1. The van der Waals surface area contributed by atoms with Crippen molar-refractivity contribution in [2.45, 2.75) is 45.1 Å². The molecule has 0 amide bonds. The van der Waals surface area contributed by atoms with Gasteiger partial charge in [-0.15, -0.1) is 0 Å². The van der Waals surface area contributed by atoms with Crippen LogP contribution in [0.2, 0.25) is 0 Å². The lowest BCUT2D eigenvalue weighted by Gasteiger charge is -2.13. The van der Waals surface area contributed by atoms with Crippen molar-refractivity contribution in [2.75, 3.05) is 11.0 Å². The van der Waals surface area contributed by atoms with Crippen LogP contribution in [0.15, 0.2) is 41.2 Å². The number of phenolic OH excluding ortho intramolecular Hbond substituents is 1. The first-order valence-corrected chi connectivity index (χ1v) is 11.9. The fourth-order valence-electron chi connectivity index (χ4n) is 4.51. The van der Waals surface area contributed by atoms with Gasteiger partial charge in [0.1, 0.15) is 5.75 Å². The molecular formula is C24H27IN2O2. The van der Waals surface area contributed by atoms with Crippen molar-refractivity contribution in [1.29, 1.82) is 0 Å². The molecule has 3 aromatic rings. The minimum atomic E-state index is -0.194. The molecule has 29 heavy (non-hydrogen) atoms. The summed E-state index contributed by atoms with van der Waals surface area (Å²) in [7, 11) is 0. The largest absolute Gasteiger partial charge is 0.506 e. The number of phenols is 1. The minimum Gasteiger partial charge on any atom is -0.506 e. The van der Waals surface area contributed by atoms with Crippen LogP contribution in [0.5, 0.6) is 5.75 Å². The number of aromatic hydroxyl groups is 1. The molecule has 2 aromatic carbocycles. The number of alkyl halides is 1. The van der Waals surface area contributed by atoms with E-state index in [4.69, 9.17) is 0 Å². The second-order valence-electron chi connectivity index (χ2n) is 7.85.